The van der Waals surface area contributed by atoms with Crippen molar-refractivity contribution in [1.29, 1.82) is 5.26 Å². The lowest BCUT2D eigenvalue weighted by Crippen LogP contribution is -2.31. The fraction of sp³-hybridized carbons (Fsp3) is 0.222. The standard InChI is InChI=1S/C27H21F6N5O5S2/c28-26(29,30)17-9-18(27(31,32)33)11-19(10-17)44(40,41)37-22(25-35-20-6-3-15(13-34)8-21(20)36-25)7-14-1-4-16(5-2-14)23-12-24(39)38-45(23,42)43/h1-6,8-11,22-23,37,42-43H,7,12H2,(H,35,36)(H,38,39)/t22-,23?/m0/s1. The number of fused-ring (bicyclic) bond motifs is 1. The summed E-state index contributed by atoms with van der Waals surface area (Å²) in [5.41, 5.74) is -2.01. The summed E-state index contributed by atoms with van der Waals surface area (Å²) in [5.74, 6) is -0.623. The van der Waals surface area contributed by atoms with Gasteiger partial charge in [0, 0.05) is 0 Å². The van der Waals surface area contributed by atoms with Gasteiger partial charge >= 0.3 is 12.4 Å². The van der Waals surface area contributed by atoms with E-state index in [1.165, 1.54) is 42.5 Å². The van der Waals surface area contributed by atoms with Gasteiger partial charge in [-0.05, 0) is 53.9 Å². The monoisotopic (exact) mass is 673 g/mol. The summed E-state index contributed by atoms with van der Waals surface area (Å²) >= 11 is 0. The van der Waals surface area contributed by atoms with Crippen LogP contribution < -0.4 is 9.44 Å². The molecule has 2 atom stereocenters. The molecule has 1 saturated heterocycles. The van der Waals surface area contributed by atoms with E-state index in [1.54, 1.807) is 0 Å². The highest BCUT2D eigenvalue weighted by molar-refractivity contribution is 8.23. The fourth-order valence-electron chi connectivity index (χ4n) is 4.77. The number of benzene rings is 3. The van der Waals surface area contributed by atoms with Gasteiger partial charge in [-0.15, -0.1) is 10.8 Å². The number of nitrogens with zero attached hydrogens (tertiary/aromatic N) is 2. The Labute approximate surface area is 252 Å². The minimum absolute atomic E-state index is 0.0597. The highest BCUT2D eigenvalue weighted by Crippen LogP contribution is 2.56. The van der Waals surface area contributed by atoms with Gasteiger partial charge in [-0.25, -0.2) is 18.1 Å². The third kappa shape index (κ3) is 6.92. The van der Waals surface area contributed by atoms with Crippen molar-refractivity contribution in [2.24, 2.45) is 0 Å². The van der Waals surface area contributed by atoms with E-state index in [0.717, 1.165) is 0 Å². The van der Waals surface area contributed by atoms with Gasteiger partial charge in [0.1, 0.15) is 11.1 Å². The topological polar surface area (TPSA) is 168 Å². The molecule has 0 aliphatic carbocycles. The molecule has 2 heterocycles. The maximum atomic E-state index is 13.5. The van der Waals surface area contributed by atoms with Gasteiger partial charge < -0.3 is 4.98 Å². The van der Waals surface area contributed by atoms with Crippen LogP contribution in [0.3, 0.4) is 0 Å². The number of alkyl halides is 6. The molecule has 238 valence electrons. The molecule has 0 saturated carbocycles. The van der Waals surface area contributed by atoms with Crippen molar-refractivity contribution in [1.82, 2.24) is 19.4 Å². The lowest BCUT2D eigenvalue weighted by atomic mass is 10.0. The van der Waals surface area contributed by atoms with Crippen LogP contribution in [-0.4, -0.2) is 33.4 Å². The van der Waals surface area contributed by atoms with E-state index in [2.05, 4.69) is 19.4 Å². The average molecular weight is 674 g/mol. The third-order valence-corrected chi connectivity index (χ3v) is 10.2. The van der Waals surface area contributed by atoms with E-state index < -0.39 is 66.4 Å². The van der Waals surface area contributed by atoms with Gasteiger partial charge in [-0.2, -0.15) is 31.6 Å². The minimum atomic E-state index is -5.29. The molecule has 10 nitrogen and oxygen atoms in total. The molecular formula is C27H21F6N5O5S2. The van der Waals surface area contributed by atoms with Crippen molar-refractivity contribution < 1.29 is 48.7 Å². The smallest absolute Gasteiger partial charge is 0.341 e. The van der Waals surface area contributed by atoms with Crippen LogP contribution in [0.25, 0.3) is 11.0 Å². The number of hydrogen-bond donors (Lipinski definition) is 5. The number of nitriles is 1. The molecule has 1 aliphatic heterocycles. The number of H-pyrrole nitrogens is 1. The number of rotatable bonds is 7. The fourth-order valence-corrected chi connectivity index (χ4v) is 7.52. The van der Waals surface area contributed by atoms with Crippen LogP contribution in [0.2, 0.25) is 0 Å². The quantitative estimate of drug-likeness (QED) is 0.151. The van der Waals surface area contributed by atoms with E-state index in [-0.39, 0.29) is 42.4 Å². The van der Waals surface area contributed by atoms with Crippen LogP contribution in [0, 0.1) is 11.3 Å². The zero-order valence-corrected chi connectivity index (χ0v) is 24.1. The molecule has 45 heavy (non-hydrogen) atoms. The molecule has 1 amide bonds. The van der Waals surface area contributed by atoms with Gasteiger partial charge in [0.15, 0.2) is 0 Å². The Morgan fingerprint density at radius 2 is 1.62 bits per heavy atom. The lowest BCUT2D eigenvalue weighted by molar-refractivity contribution is -0.143. The van der Waals surface area contributed by atoms with Gasteiger partial charge in [-0.1, -0.05) is 24.3 Å². The molecular weight excluding hydrogens is 652 g/mol. The predicted molar refractivity (Wildman–Crippen MR) is 149 cm³/mol. The second-order valence-corrected chi connectivity index (χ2v) is 13.8. The number of amides is 1. The van der Waals surface area contributed by atoms with Gasteiger partial charge in [-0.3, -0.25) is 18.6 Å². The van der Waals surface area contributed by atoms with Crippen molar-refractivity contribution in [3.63, 3.8) is 0 Å². The van der Waals surface area contributed by atoms with Crippen LogP contribution >= 0.6 is 10.8 Å². The number of carbonyl (C=O) groups excluding carboxylic acids is 1. The maximum Gasteiger partial charge on any atom is 0.416 e. The first kappa shape index (κ1) is 32.2. The number of aromatic nitrogens is 2. The van der Waals surface area contributed by atoms with Crippen LogP contribution in [0.1, 0.15) is 51.4 Å². The Balaban J connectivity index is 1.54. The van der Waals surface area contributed by atoms with Crippen LogP contribution in [0.5, 0.6) is 0 Å². The van der Waals surface area contributed by atoms with E-state index in [1.807, 2.05) is 6.07 Å². The molecule has 1 aliphatic rings. The summed E-state index contributed by atoms with van der Waals surface area (Å²) < 4.78 is 132. The summed E-state index contributed by atoms with van der Waals surface area (Å²) in [6, 6.07) is 10.8. The predicted octanol–water partition coefficient (Wildman–Crippen LogP) is 5.96. The summed E-state index contributed by atoms with van der Waals surface area (Å²) in [5, 5.41) is 8.26. The van der Waals surface area contributed by atoms with Gasteiger partial charge in [0.25, 0.3) is 0 Å². The Kier molecular flexibility index (Phi) is 8.12. The molecule has 0 radical (unpaired) electrons. The number of carbonyl (C=O) groups is 1. The highest BCUT2D eigenvalue weighted by Gasteiger charge is 2.40. The molecule has 1 aromatic heterocycles. The van der Waals surface area contributed by atoms with E-state index in [0.29, 0.717) is 22.2 Å². The number of nitrogens with one attached hydrogen (secondary N) is 3. The normalized spacial score (nSPS) is 18.4. The number of aromatic amines is 1. The first-order chi connectivity index (χ1) is 20.9. The van der Waals surface area contributed by atoms with Crippen molar-refractivity contribution in [2.45, 2.75) is 41.4 Å². The Bertz CT molecular complexity index is 1900. The van der Waals surface area contributed by atoms with Crippen LogP contribution in [0.4, 0.5) is 26.3 Å². The van der Waals surface area contributed by atoms with Crippen LogP contribution in [0.15, 0.2) is 65.6 Å². The van der Waals surface area contributed by atoms with Gasteiger partial charge in [0.2, 0.25) is 15.9 Å². The first-order valence-electron chi connectivity index (χ1n) is 12.7. The molecule has 5 rings (SSSR count). The summed E-state index contributed by atoms with van der Waals surface area (Å²) in [6.45, 7) is 0. The molecule has 18 heteroatoms. The molecule has 0 spiro atoms. The summed E-state index contributed by atoms with van der Waals surface area (Å²) in [4.78, 5) is 17.6. The van der Waals surface area contributed by atoms with Crippen molar-refractivity contribution in [3.05, 3.63) is 94.3 Å². The summed E-state index contributed by atoms with van der Waals surface area (Å²) in [6.07, 6.45) is -11.0. The van der Waals surface area contributed by atoms with E-state index in [9.17, 15) is 53.9 Å². The van der Waals surface area contributed by atoms with Crippen LogP contribution in [-0.2, 0) is 33.6 Å². The maximum absolute atomic E-state index is 13.5. The van der Waals surface area contributed by atoms with Crippen molar-refractivity contribution >= 4 is 37.7 Å². The Morgan fingerprint density at radius 3 is 2.16 bits per heavy atom. The molecule has 3 aromatic carbocycles. The number of halogens is 6. The van der Waals surface area contributed by atoms with Crippen molar-refractivity contribution in [2.75, 3.05) is 0 Å². The third-order valence-electron chi connectivity index (χ3n) is 6.95. The Hall–Kier alpha value is -4.15. The largest absolute Gasteiger partial charge is 0.416 e. The van der Waals surface area contributed by atoms with Gasteiger partial charge in [0.05, 0.1) is 51.2 Å². The second kappa shape index (κ2) is 11.3. The van der Waals surface area contributed by atoms with E-state index >= 15 is 0 Å². The van der Waals surface area contributed by atoms with E-state index in [4.69, 9.17) is 0 Å². The SMILES string of the molecule is N#Cc1ccc2nc([C@H](Cc3ccc(C4CC(=O)NS4(O)O)cc3)NS(=O)(=O)c3cc(C(F)(F)F)cc(C(F)(F)F)c3)[nH]c2c1. The number of sulfonamides is 1. The second-order valence-electron chi connectivity index (χ2n) is 10.1. The molecule has 5 N–H and O–H groups in total. The molecule has 1 fully saturated rings. The molecule has 0 bridgehead atoms. The summed E-state index contributed by atoms with van der Waals surface area (Å²) in [7, 11) is -8.52. The first-order valence-corrected chi connectivity index (χ1v) is 15.8. The average Bonchev–Trinajstić information content (AvgIpc) is 3.50. The van der Waals surface area contributed by atoms with Crippen molar-refractivity contribution in [3.8, 4) is 6.07 Å². The molecule has 1 unspecified atom stereocenters. The Morgan fingerprint density at radius 1 is 1.00 bits per heavy atom. The zero-order chi connectivity index (χ0) is 32.9. The molecule has 4 aromatic rings. The number of imidazole rings is 1. The number of hydrogen-bond acceptors (Lipinski definition) is 7. The lowest BCUT2D eigenvalue weighted by Gasteiger charge is -2.32. The zero-order valence-electron chi connectivity index (χ0n) is 22.4. The highest BCUT2D eigenvalue weighted by atomic mass is 32.3. The minimum Gasteiger partial charge on any atom is -0.341 e.